The molecule has 0 saturated heterocycles. The lowest BCUT2D eigenvalue weighted by atomic mass is 10.1. The van der Waals surface area contributed by atoms with Crippen molar-refractivity contribution in [2.45, 2.75) is 35.4 Å². The molecule has 2 N–H and O–H groups in total. The van der Waals surface area contributed by atoms with Crippen LogP contribution in [-0.4, -0.2) is 17.1 Å². The number of aryl methyl sites for hydroxylation is 1. The second-order valence-corrected chi connectivity index (χ2v) is 7.98. The monoisotopic (exact) mass is 372 g/mol. The predicted octanol–water partition coefficient (Wildman–Crippen LogP) is 3.95. The van der Waals surface area contributed by atoms with Crippen LogP contribution in [0, 0.1) is 0 Å². The van der Waals surface area contributed by atoms with E-state index in [1.807, 2.05) is 18.2 Å². The Morgan fingerprint density at radius 2 is 2.12 bits per heavy atom. The summed E-state index contributed by atoms with van der Waals surface area (Å²) in [5, 5.41) is 6.08. The fourth-order valence-electron chi connectivity index (χ4n) is 3.39. The fourth-order valence-corrected chi connectivity index (χ4v) is 4.65. The summed E-state index contributed by atoms with van der Waals surface area (Å²) in [7, 11) is 0. The lowest BCUT2D eigenvalue weighted by molar-refractivity contribution is -0.124. The van der Waals surface area contributed by atoms with Crippen molar-refractivity contribution in [3.63, 3.8) is 0 Å². The van der Waals surface area contributed by atoms with Gasteiger partial charge in [0.05, 0.1) is 17.0 Å². The summed E-state index contributed by atoms with van der Waals surface area (Å²) in [6.45, 7) is 0. The Balaban J connectivity index is 1.42. The van der Waals surface area contributed by atoms with E-state index in [-0.39, 0.29) is 24.3 Å². The first kappa shape index (κ1) is 16.5. The van der Waals surface area contributed by atoms with Crippen LogP contribution in [0.5, 0.6) is 0 Å². The van der Waals surface area contributed by atoms with E-state index in [1.165, 1.54) is 22.9 Å². The van der Waals surface area contributed by atoms with Crippen LogP contribution in [0.15, 0.2) is 47.4 Å². The standard InChI is InChI=1S/C19H17ClN2O2S/c20-12-6-8-16-15(9-12)22-19(24)17(25-16)10-18(23)21-14-7-5-11-3-1-2-4-13(11)14/h1-4,6,8-9,14,17H,5,7,10H2,(H,21,23)(H,22,24)/t14-,17+/m1/s1. The third kappa shape index (κ3) is 3.39. The van der Waals surface area contributed by atoms with Gasteiger partial charge in [-0.3, -0.25) is 9.59 Å². The first-order valence-electron chi connectivity index (χ1n) is 8.24. The van der Waals surface area contributed by atoms with Crippen molar-refractivity contribution < 1.29 is 9.59 Å². The molecule has 0 spiro atoms. The topological polar surface area (TPSA) is 58.2 Å². The summed E-state index contributed by atoms with van der Waals surface area (Å²) in [6, 6.07) is 13.6. The molecule has 2 aromatic carbocycles. The number of amides is 2. The van der Waals surface area contributed by atoms with Crippen molar-refractivity contribution in [1.29, 1.82) is 0 Å². The molecule has 1 heterocycles. The Morgan fingerprint density at radius 3 is 3.00 bits per heavy atom. The normalized spacial score (nSPS) is 21.2. The van der Waals surface area contributed by atoms with Crippen LogP contribution in [0.3, 0.4) is 0 Å². The van der Waals surface area contributed by atoms with Gasteiger partial charge in [-0.1, -0.05) is 35.9 Å². The highest BCUT2D eigenvalue weighted by atomic mass is 35.5. The van der Waals surface area contributed by atoms with Gasteiger partial charge in [0, 0.05) is 16.3 Å². The van der Waals surface area contributed by atoms with Crippen LogP contribution in [0.2, 0.25) is 5.02 Å². The Hall–Kier alpha value is -1.98. The molecule has 6 heteroatoms. The maximum Gasteiger partial charge on any atom is 0.238 e. The predicted molar refractivity (Wildman–Crippen MR) is 100.0 cm³/mol. The van der Waals surface area contributed by atoms with Crippen molar-refractivity contribution in [2.24, 2.45) is 0 Å². The SMILES string of the molecule is O=C(C[C@@H]1Sc2ccc(Cl)cc2NC1=O)N[C@@H]1CCc2ccccc21. The maximum absolute atomic E-state index is 12.5. The van der Waals surface area contributed by atoms with Crippen LogP contribution in [-0.2, 0) is 16.0 Å². The zero-order valence-corrected chi connectivity index (χ0v) is 15.0. The number of carbonyl (C=O) groups excluding carboxylic acids is 2. The molecule has 0 saturated carbocycles. The highest BCUT2D eigenvalue weighted by Crippen LogP contribution is 2.38. The highest BCUT2D eigenvalue weighted by molar-refractivity contribution is 8.01. The number of carbonyl (C=O) groups is 2. The number of benzene rings is 2. The summed E-state index contributed by atoms with van der Waals surface area (Å²) >= 11 is 7.37. The number of hydrogen-bond donors (Lipinski definition) is 2. The number of anilines is 1. The summed E-state index contributed by atoms with van der Waals surface area (Å²) < 4.78 is 0. The van der Waals surface area contributed by atoms with Gasteiger partial charge in [0.15, 0.2) is 0 Å². The minimum Gasteiger partial charge on any atom is -0.349 e. The first-order chi connectivity index (χ1) is 12.1. The number of fused-ring (bicyclic) bond motifs is 2. The number of halogens is 1. The molecule has 0 unspecified atom stereocenters. The molecule has 0 radical (unpaired) electrons. The van der Waals surface area contributed by atoms with Crippen LogP contribution in [0.1, 0.15) is 30.0 Å². The van der Waals surface area contributed by atoms with Gasteiger partial charge < -0.3 is 10.6 Å². The van der Waals surface area contributed by atoms with Gasteiger partial charge in [-0.25, -0.2) is 0 Å². The minimum atomic E-state index is -0.426. The largest absolute Gasteiger partial charge is 0.349 e. The zero-order chi connectivity index (χ0) is 17.4. The molecule has 128 valence electrons. The molecule has 2 amide bonds. The van der Waals surface area contributed by atoms with Crippen molar-refractivity contribution in [2.75, 3.05) is 5.32 Å². The molecule has 1 aliphatic carbocycles. The quantitative estimate of drug-likeness (QED) is 0.857. The van der Waals surface area contributed by atoms with E-state index in [4.69, 9.17) is 11.6 Å². The lowest BCUT2D eigenvalue weighted by Gasteiger charge is -2.24. The summed E-state index contributed by atoms with van der Waals surface area (Å²) in [5.41, 5.74) is 3.20. The number of thioether (sulfide) groups is 1. The van der Waals surface area contributed by atoms with Crippen molar-refractivity contribution in [3.8, 4) is 0 Å². The molecule has 25 heavy (non-hydrogen) atoms. The number of rotatable bonds is 3. The van der Waals surface area contributed by atoms with Crippen LogP contribution >= 0.6 is 23.4 Å². The summed E-state index contributed by atoms with van der Waals surface area (Å²) in [6.07, 6.45) is 2.06. The molecule has 1 aliphatic heterocycles. The summed E-state index contributed by atoms with van der Waals surface area (Å²) in [4.78, 5) is 25.7. The maximum atomic E-state index is 12.5. The molecular weight excluding hydrogens is 356 g/mol. The van der Waals surface area contributed by atoms with E-state index in [0.29, 0.717) is 10.7 Å². The van der Waals surface area contributed by atoms with Gasteiger partial charge in [0.1, 0.15) is 0 Å². The Morgan fingerprint density at radius 1 is 1.28 bits per heavy atom. The third-order valence-corrected chi connectivity index (χ3v) is 6.11. The second-order valence-electron chi connectivity index (χ2n) is 6.30. The Kier molecular flexibility index (Phi) is 4.44. The van der Waals surface area contributed by atoms with Crippen LogP contribution < -0.4 is 10.6 Å². The van der Waals surface area contributed by atoms with Crippen molar-refractivity contribution in [3.05, 3.63) is 58.6 Å². The average Bonchev–Trinajstić information content (AvgIpc) is 2.99. The van der Waals surface area contributed by atoms with Crippen LogP contribution in [0.4, 0.5) is 5.69 Å². The third-order valence-electron chi connectivity index (χ3n) is 4.60. The van der Waals surface area contributed by atoms with E-state index >= 15 is 0 Å². The molecule has 4 rings (SSSR count). The smallest absolute Gasteiger partial charge is 0.238 e. The molecule has 2 atom stereocenters. The molecular formula is C19H17ClN2O2S. The van der Waals surface area contributed by atoms with Gasteiger partial charge in [0.25, 0.3) is 0 Å². The average molecular weight is 373 g/mol. The van der Waals surface area contributed by atoms with Crippen molar-refractivity contribution >= 4 is 40.9 Å². The number of nitrogens with one attached hydrogen (secondary N) is 2. The van der Waals surface area contributed by atoms with E-state index in [1.54, 1.807) is 12.1 Å². The highest BCUT2D eigenvalue weighted by Gasteiger charge is 2.30. The molecule has 4 nitrogen and oxygen atoms in total. The van der Waals surface area contributed by atoms with Gasteiger partial charge in [-0.15, -0.1) is 11.8 Å². The Labute approximate surface area is 155 Å². The fraction of sp³-hybridized carbons (Fsp3) is 0.263. The van der Waals surface area contributed by atoms with E-state index in [0.717, 1.165) is 17.7 Å². The van der Waals surface area contributed by atoms with E-state index < -0.39 is 5.25 Å². The van der Waals surface area contributed by atoms with Gasteiger partial charge in [-0.2, -0.15) is 0 Å². The molecule has 2 aromatic rings. The minimum absolute atomic E-state index is 0.0476. The van der Waals surface area contributed by atoms with Gasteiger partial charge >= 0.3 is 0 Å². The molecule has 0 aromatic heterocycles. The lowest BCUT2D eigenvalue weighted by Crippen LogP contribution is -2.35. The van der Waals surface area contributed by atoms with Crippen molar-refractivity contribution in [1.82, 2.24) is 5.32 Å². The molecule has 0 fully saturated rings. The number of hydrogen-bond acceptors (Lipinski definition) is 3. The zero-order valence-electron chi connectivity index (χ0n) is 13.4. The van der Waals surface area contributed by atoms with E-state index in [2.05, 4.69) is 22.8 Å². The Bertz CT molecular complexity index is 855. The summed E-state index contributed by atoms with van der Waals surface area (Å²) in [5.74, 6) is -0.242. The molecule has 2 aliphatic rings. The van der Waals surface area contributed by atoms with Gasteiger partial charge in [0.2, 0.25) is 11.8 Å². The molecule has 0 bridgehead atoms. The van der Waals surface area contributed by atoms with Crippen LogP contribution in [0.25, 0.3) is 0 Å². The first-order valence-corrected chi connectivity index (χ1v) is 9.50. The van der Waals surface area contributed by atoms with E-state index in [9.17, 15) is 9.59 Å². The van der Waals surface area contributed by atoms with Gasteiger partial charge in [-0.05, 0) is 42.2 Å². The second kappa shape index (κ2) is 6.73.